The van der Waals surface area contributed by atoms with Gasteiger partial charge in [-0.25, -0.2) is 15.0 Å². The zero-order chi connectivity index (χ0) is 83.9. The number of rotatable bonds is 10. The average Bonchev–Trinajstić information content (AvgIpc) is 1.84. The molecule has 23 heteroatoms. The van der Waals surface area contributed by atoms with Crippen LogP contribution in [0.15, 0.2) is 347 Å². The molecule has 0 amide bonds. The number of hydrogen-bond acceptors (Lipinski definition) is 21. The fourth-order valence-corrected chi connectivity index (χ4v) is 12.4. The number of hydrogen-bond donors (Lipinski definition) is 2. The molecule has 0 bridgehead atoms. The highest BCUT2D eigenvalue weighted by Gasteiger charge is 2.19. The maximum absolute atomic E-state index is 5.25. The molecule has 2 N–H and O–H groups in total. The van der Waals surface area contributed by atoms with Crippen LogP contribution in [0.3, 0.4) is 0 Å². The second-order valence-corrected chi connectivity index (χ2v) is 28.7. The van der Waals surface area contributed by atoms with Crippen molar-refractivity contribution in [3.8, 4) is 101 Å². The van der Waals surface area contributed by atoms with Crippen LogP contribution in [0.25, 0.3) is 101 Å². The van der Waals surface area contributed by atoms with Gasteiger partial charge in [-0.05, 0) is 116 Å². The lowest BCUT2D eigenvalue weighted by Crippen LogP contribution is -2.02. The van der Waals surface area contributed by atoms with Gasteiger partial charge < -0.3 is 36.4 Å². The Kier molecular flexibility index (Phi) is 33.1. The molecule has 0 unspecified atom stereocenters. The number of aromatic nitrogens is 15. The molecular formula is C97H95N15O7S. The minimum absolute atomic E-state index is 0.577. The summed E-state index contributed by atoms with van der Waals surface area (Å²) in [7, 11) is 0. The van der Waals surface area contributed by atoms with Crippen molar-refractivity contribution in [1.82, 2.24) is 76.1 Å². The van der Waals surface area contributed by atoms with Crippen molar-refractivity contribution in [1.29, 1.82) is 0 Å². The van der Waals surface area contributed by atoms with Crippen LogP contribution in [-0.4, -0.2) is 76.1 Å². The predicted octanol–water partition coefficient (Wildman–Crippen LogP) is 25.0. The number of nitrogens with zero attached hydrogens (tertiary/aromatic N) is 13. The Morgan fingerprint density at radius 1 is 0.358 bits per heavy atom. The van der Waals surface area contributed by atoms with E-state index in [1.165, 1.54) is 42.5 Å². The Morgan fingerprint density at radius 3 is 1.29 bits per heavy atom. The van der Waals surface area contributed by atoms with Gasteiger partial charge in [-0.1, -0.05) is 282 Å². The molecule has 1 saturated carbocycles. The van der Waals surface area contributed by atoms with E-state index in [0.717, 1.165) is 112 Å². The second kappa shape index (κ2) is 46.1. The molecule has 10 aromatic heterocycles. The van der Waals surface area contributed by atoms with Crippen LogP contribution in [0.5, 0.6) is 0 Å². The van der Waals surface area contributed by atoms with Crippen molar-refractivity contribution in [2.45, 2.75) is 107 Å². The minimum atomic E-state index is 0.577. The van der Waals surface area contributed by atoms with Crippen molar-refractivity contribution >= 4 is 11.3 Å². The fourth-order valence-electron chi connectivity index (χ4n) is 11.7. The van der Waals surface area contributed by atoms with Crippen molar-refractivity contribution in [3.63, 3.8) is 0 Å². The summed E-state index contributed by atoms with van der Waals surface area (Å²) in [5.74, 6) is 8.70. The van der Waals surface area contributed by atoms with Gasteiger partial charge in [0.15, 0.2) is 11.6 Å². The molecule has 1 aliphatic carbocycles. The number of aromatic amines is 2. The Balaban J connectivity index is 0.000000130. The van der Waals surface area contributed by atoms with E-state index in [4.69, 9.17) is 31.4 Å². The fraction of sp³-hybridized carbons (Fsp3) is 0.165. The molecule has 120 heavy (non-hydrogen) atoms. The summed E-state index contributed by atoms with van der Waals surface area (Å²) in [6.07, 6.45) is 12.1. The summed E-state index contributed by atoms with van der Waals surface area (Å²) < 4.78 is 35.7. The molecule has 9 aromatic carbocycles. The van der Waals surface area contributed by atoms with Crippen LogP contribution >= 0.6 is 11.3 Å². The van der Waals surface area contributed by atoms with E-state index >= 15 is 0 Å². The summed E-state index contributed by atoms with van der Waals surface area (Å²) in [5, 5.41) is 35.0. The van der Waals surface area contributed by atoms with Gasteiger partial charge in [-0.15, -0.1) is 21.5 Å². The van der Waals surface area contributed by atoms with Gasteiger partial charge in [0.25, 0.3) is 5.89 Å². The van der Waals surface area contributed by atoms with E-state index < -0.39 is 0 Å². The SMILES string of the molecule is Cc1cc(-c2ccccc2)n[nH]1.Cc1cc(-c2ccccc2)no1.Cc1cc(-c2ccccc2)on1.Cc1cc(C2CCCCC2)on1.Cc1cnc(-c2ccccc2)[nH]1.Cc1coc(-c2ccccc2)n1.Cc1nc(-c2ccccc2)no1.Cc1ncc(-c2ccccc2)s1.Cc1nnc(-c2ccccc2)o1.Cc1noc(-c2ccccc2)n1. The quantitative estimate of drug-likeness (QED) is 0.129. The molecule has 19 aromatic rings. The van der Waals surface area contributed by atoms with E-state index in [2.05, 4.69) is 106 Å². The van der Waals surface area contributed by atoms with Crippen molar-refractivity contribution in [3.05, 3.63) is 379 Å². The first-order chi connectivity index (χ1) is 58.6. The van der Waals surface area contributed by atoms with Crippen LogP contribution < -0.4 is 0 Å². The lowest BCUT2D eigenvalue weighted by atomic mass is 9.87. The number of aryl methyl sites for hydroxylation is 10. The average molecular weight is 1610 g/mol. The summed E-state index contributed by atoms with van der Waals surface area (Å²) in [5.41, 5.74) is 16.5. The highest BCUT2D eigenvalue weighted by molar-refractivity contribution is 7.15. The minimum Gasteiger partial charge on any atom is -0.444 e. The number of benzene rings is 9. The summed E-state index contributed by atoms with van der Waals surface area (Å²) >= 11 is 1.73. The molecule has 10 heterocycles. The third kappa shape index (κ3) is 28.3. The highest BCUT2D eigenvalue weighted by Crippen LogP contribution is 2.33. The van der Waals surface area contributed by atoms with Crippen LogP contribution in [0.1, 0.15) is 101 Å². The first-order valence-electron chi connectivity index (χ1n) is 39.2. The van der Waals surface area contributed by atoms with Crippen molar-refractivity contribution < 1.29 is 31.4 Å². The van der Waals surface area contributed by atoms with Crippen LogP contribution in [-0.2, 0) is 0 Å². The summed E-state index contributed by atoms with van der Waals surface area (Å²) in [6.45, 7) is 19.1. The van der Waals surface area contributed by atoms with E-state index in [0.29, 0.717) is 47.0 Å². The number of H-pyrrole nitrogens is 2. The first-order valence-corrected chi connectivity index (χ1v) is 40.0. The Labute approximate surface area is 702 Å². The maximum Gasteiger partial charge on any atom is 0.257 e. The molecule has 0 aliphatic heterocycles. The molecule has 22 nitrogen and oxygen atoms in total. The van der Waals surface area contributed by atoms with E-state index in [1.807, 2.05) is 328 Å². The van der Waals surface area contributed by atoms with E-state index in [1.54, 1.807) is 38.4 Å². The molecule has 0 atom stereocenters. The molecule has 1 fully saturated rings. The summed E-state index contributed by atoms with van der Waals surface area (Å²) in [6, 6.07) is 97.4. The van der Waals surface area contributed by atoms with Crippen LogP contribution in [0.2, 0.25) is 0 Å². The lowest BCUT2D eigenvalue weighted by Gasteiger charge is -2.18. The molecule has 0 radical (unpaired) electrons. The van der Waals surface area contributed by atoms with E-state index in [-0.39, 0.29) is 0 Å². The molecule has 0 spiro atoms. The largest absolute Gasteiger partial charge is 0.444 e. The van der Waals surface area contributed by atoms with Gasteiger partial charge in [0, 0.05) is 106 Å². The predicted molar refractivity (Wildman–Crippen MR) is 470 cm³/mol. The molecule has 0 saturated heterocycles. The molecule has 606 valence electrons. The Morgan fingerprint density at radius 2 is 0.867 bits per heavy atom. The lowest BCUT2D eigenvalue weighted by molar-refractivity contribution is 0.320. The van der Waals surface area contributed by atoms with Gasteiger partial charge in [-0.2, -0.15) is 15.1 Å². The standard InChI is InChI=1S/2C10H10N2.2C10H9NO.C10H15NO.C10H9NO.C10H9NS.3C9H8N2O/c1-8-7-11-10(12-8)9-5-3-2-4-6-9;1-8-7-10(12-11-8)9-5-3-2-4-6-9;1-8-7-12-10(11-8)9-5-3-2-4-6-9;1-8-7-10(11-12-8)9-5-3-2-4-6-9;2*1-8-7-10(12-11-8)9-5-3-2-4-6-9;1-8-11-7-10(12-8)9-5-3-2-4-6-9;1-7-10-11-9(12-7)8-5-3-2-4-6-8;1-7-10-9(11-12-7)8-5-3-2-4-6-8;1-7-10-9(12-11-7)8-5-3-2-4-6-8/h2*2-7H,1H3,(H,11,12);2*2-7H,1H3;7,9H,2-6H2,1H3;2*2-7H,1H3;3*2-6H,1H3. The van der Waals surface area contributed by atoms with Gasteiger partial charge >= 0.3 is 0 Å². The van der Waals surface area contributed by atoms with Crippen LogP contribution in [0, 0.1) is 69.2 Å². The maximum atomic E-state index is 5.25. The zero-order valence-electron chi connectivity index (χ0n) is 68.7. The second-order valence-electron chi connectivity index (χ2n) is 27.5. The van der Waals surface area contributed by atoms with Gasteiger partial charge in [0.1, 0.15) is 29.3 Å². The molecule has 20 rings (SSSR count). The van der Waals surface area contributed by atoms with Crippen LogP contribution in [0.4, 0.5) is 0 Å². The van der Waals surface area contributed by atoms with Crippen molar-refractivity contribution in [2.75, 3.05) is 0 Å². The number of oxazole rings is 1. The van der Waals surface area contributed by atoms with Gasteiger partial charge in [-0.3, -0.25) is 5.10 Å². The third-order valence-electron chi connectivity index (χ3n) is 17.5. The van der Waals surface area contributed by atoms with Gasteiger partial charge in [0.05, 0.1) is 32.7 Å². The normalized spacial score (nSPS) is 11.1. The first kappa shape index (κ1) is 86.2. The smallest absolute Gasteiger partial charge is 0.257 e. The zero-order valence-corrected chi connectivity index (χ0v) is 69.5. The Hall–Kier alpha value is -14.7. The third-order valence-corrected chi connectivity index (χ3v) is 18.5. The number of thiazole rings is 1. The highest BCUT2D eigenvalue weighted by atomic mass is 32.1. The molecule has 1 aliphatic rings. The van der Waals surface area contributed by atoms with E-state index in [9.17, 15) is 0 Å². The van der Waals surface area contributed by atoms with Gasteiger partial charge in [0.2, 0.25) is 29.4 Å². The molecular weight excluding hydrogens is 1520 g/mol. The topological polar surface area (TPSA) is 291 Å². The summed E-state index contributed by atoms with van der Waals surface area (Å²) in [4.78, 5) is 25.3. The van der Waals surface area contributed by atoms with Crippen molar-refractivity contribution in [2.24, 2.45) is 0 Å². The Bertz CT molecular complexity index is 4900. The number of nitrogens with one attached hydrogen (secondary N) is 2. The number of imidazole rings is 1. The monoisotopic (exact) mass is 1610 g/mol.